The van der Waals surface area contributed by atoms with Crippen molar-refractivity contribution in [2.45, 2.75) is 41.2 Å². The van der Waals surface area contributed by atoms with Gasteiger partial charge in [-0.15, -0.1) is 0 Å². The third kappa shape index (κ3) is 4.53. The van der Waals surface area contributed by atoms with Gasteiger partial charge < -0.3 is 19.0 Å². The van der Waals surface area contributed by atoms with Gasteiger partial charge in [-0.2, -0.15) is 5.26 Å². The van der Waals surface area contributed by atoms with E-state index >= 15 is 0 Å². The average molecular weight is 419 g/mol. The number of furan rings is 1. The first-order chi connectivity index (χ1) is 14.7. The summed E-state index contributed by atoms with van der Waals surface area (Å²) in [5, 5.41) is 12.3. The van der Waals surface area contributed by atoms with Crippen molar-refractivity contribution in [1.29, 1.82) is 5.26 Å². The van der Waals surface area contributed by atoms with Gasteiger partial charge in [-0.25, -0.2) is 4.79 Å². The van der Waals surface area contributed by atoms with Gasteiger partial charge in [0.25, 0.3) is 5.91 Å². The molecule has 1 amide bonds. The molecule has 0 saturated heterocycles. The quantitative estimate of drug-likeness (QED) is 0.600. The summed E-state index contributed by atoms with van der Waals surface area (Å²) < 4.78 is 12.5. The first-order valence-corrected chi connectivity index (χ1v) is 9.90. The van der Waals surface area contributed by atoms with Gasteiger partial charge in [-0.05, 0) is 63.4 Å². The maximum atomic E-state index is 12.6. The first kappa shape index (κ1) is 21.9. The summed E-state index contributed by atoms with van der Waals surface area (Å²) in [6, 6.07) is 9.54. The molecule has 0 aliphatic carbocycles. The molecule has 1 N–H and O–H groups in total. The van der Waals surface area contributed by atoms with E-state index in [1.54, 1.807) is 16.9 Å². The van der Waals surface area contributed by atoms with Crippen LogP contribution in [-0.2, 0) is 16.1 Å². The Hall–Kier alpha value is -3.79. The second-order valence-electron chi connectivity index (χ2n) is 7.61. The Morgan fingerprint density at radius 2 is 1.84 bits per heavy atom. The lowest BCUT2D eigenvalue weighted by atomic mass is 10.00. The number of esters is 1. The molecule has 3 rings (SSSR count). The zero-order valence-electron chi connectivity index (χ0n) is 18.3. The Balaban J connectivity index is 1.77. The van der Waals surface area contributed by atoms with E-state index in [1.807, 2.05) is 52.8 Å². The molecule has 0 aliphatic rings. The van der Waals surface area contributed by atoms with Crippen molar-refractivity contribution in [1.82, 2.24) is 4.57 Å². The molecule has 0 bridgehead atoms. The fourth-order valence-corrected chi connectivity index (χ4v) is 3.76. The maximum Gasteiger partial charge on any atom is 0.339 e. The summed E-state index contributed by atoms with van der Waals surface area (Å²) >= 11 is 0. The summed E-state index contributed by atoms with van der Waals surface area (Å²) in [5.41, 5.74) is 5.09. The highest BCUT2D eigenvalue weighted by Crippen LogP contribution is 2.27. The van der Waals surface area contributed by atoms with Crippen LogP contribution in [0.3, 0.4) is 0 Å². The number of hydrogen-bond donors (Lipinski definition) is 1. The predicted octanol–water partition coefficient (Wildman–Crippen LogP) is 4.34. The minimum atomic E-state index is -0.552. The lowest BCUT2D eigenvalue weighted by molar-refractivity contribution is -0.119. The third-order valence-corrected chi connectivity index (χ3v) is 5.31. The zero-order valence-corrected chi connectivity index (χ0v) is 18.3. The van der Waals surface area contributed by atoms with Crippen LogP contribution in [0.2, 0.25) is 0 Å². The number of hydrogen-bond acceptors (Lipinski definition) is 5. The summed E-state index contributed by atoms with van der Waals surface area (Å²) in [6.45, 7) is 9.23. The van der Waals surface area contributed by atoms with Crippen molar-refractivity contribution in [3.05, 3.63) is 75.4 Å². The topological polar surface area (TPSA) is 97.3 Å². The molecular formula is C24H25N3O4. The molecule has 0 fully saturated rings. The van der Waals surface area contributed by atoms with Gasteiger partial charge in [-0.1, -0.05) is 17.7 Å². The summed E-state index contributed by atoms with van der Waals surface area (Å²) in [4.78, 5) is 25.1. The largest absolute Gasteiger partial charge is 0.467 e. The smallest absolute Gasteiger partial charge is 0.339 e. The van der Waals surface area contributed by atoms with Crippen LogP contribution >= 0.6 is 0 Å². The van der Waals surface area contributed by atoms with E-state index in [2.05, 4.69) is 11.4 Å². The predicted molar refractivity (Wildman–Crippen MR) is 116 cm³/mol. The van der Waals surface area contributed by atoms with E-state index in [0.717, 1.165) is 27.9 Å². The van der Waals surface area contributed by atoms with E-state index in [9.17, 15) is 14.9 Å². The van der Waals surface area contributed by atoms with Crippen LogP contribution in [-0.4, -0.2) is 23.1 Å². The Morgan fingerprint density at radius 3 is 2.42 bits per heavy atom. The van der Waals surface area contributed by atoms with Crippen LogP contribution < -0.4 is 5.32 Å². The van der Waals surface area contributed by atoms with Crippen molar-refractivity contribution >= 4 is 17.7 Å². The minimum Gasteiger partial charge on any atom is -0.467 e. The van der Waals surface area contributed by atoms with Gasteiger partial charge in [0.1, 0.15) is 17.6 Å². The van der Waals surface area contributed by atoms with Gasteiger partial charge in [0.15, 0.2) is 6.61 Å². The fraction of sp³-hybridized carbons (Fsp3) is 0.292. The van der Waals surface area contributed by atoms with Crippen LogP contribution in [0, 0.1) is 45.9 Å². The number of carbonyl (C=O) groups excluding carboxylic acids is 2. The van der Waals surface area contributed by atoms with Crippen molar-refractivity contribution < 1.29 is 18.7 Å². The molecule has 0 saturated carbocycles. The number of aromatic nitrogens is 1. The van der Waals surface area contributed by atoms with Crippen molar-refractivity contribution in [2.75, 3.05) is 11.9 Å². The number of amides is 1. The molecule has 0 unspecified atom stereocenters. The van der Waals surface area contributed by atoms with Gasteiger partial charge in [0.05, 0.1) is 23.9 Å². The Bertz CT molecular complexity index is 1160. The number of anilines is 1. The molecule has 1 aromatic carbocycles. The van der Waals surface area contributed by atoms with E-state index < -0.39 is 18.5 Å². The fourth-order valence-electron chi connectivity index (χ4n) is 3.76. The number of benzene rings is 1. The minimum absolute atomic E-state index is 0.359. The molecule has 2 heterocycles. The van der Waals surface area contributed by atoms with E-state index in [1.165, 1.54) is 0 Å². The molecule has 31 heavy (non-hydrogen) atoms. The number of ether oxygens (including phenoxy) is 1. The number of carbonyl (C=O) groups is 2. The standard InChI is InChI=1S/C24H25N3O4/c1-14-9-15(2)22(16(3)10-14)24(29)31-13-21(28)26-23-20(11-25)17(4)18(5)27(23)12-19-7-6-8-30-19/h6-10H,12-13H2,1-5H3,(H,26,28). The molecule has 0 atom stereocenters. The van der Waals surface area contributed by atoms with Gasteiger partial charge in [0, 0.05) is 5.69 Å². The van der Waals surface area contributed by atoms with E-state index in [0.29, 0.717) is 29.2 Å². The average Bonchev–Trinajstić information content (AvgIpc) is 3.28. The first-order valence-electron chi connectivity index (χ1n) is 9.90. The van der Waals surface area contributed by atoms with Crippen LogP contribution in [0.5, 0.6) is 0 Å². The molecule has 0 aliphatic heterocycles. The van der Waals surface area contributed by atoms with Gasteiger partial charge in [0.2, 0.25) is 0 Å². The van der Waals surface area contributed by atoms with Crippen molar-refractivity contribution in [3.8, 4) is 6.07 Å². The third-order valence-electron chi connectivity index (χ3n) is 5.31. The Kier molecular flexibility index (Phi) is 6.30. The molecule has 3 aromatic rings. The number of nitrogens with zero attached hydrogens (tertiary/aromatic N) is 2. The molecule has 0 radical (unpaired) electrons. The summed E-state index contributed by atoms with van der Waals surface area (Å²) in [6.07, 6.45) is 1.57. The monoisotopic (exact) mass is 419 g/mol. The highest BCUT2D eigenvalue weighted by Gasteiger charge is 2.21. The van der Waals surface area contributed by atoms with E-state index in [-0.39, 0.29) is 0 Å². The molecule has 7 nitrogen and oxygen atoms in total. The number of nitriles is 1. The normalized spacial score (nSPS) is 10.6. The van der Waals surface area contributed by atoms with Crippen LogP contribution in [0.1, 0.15) is 49.6 Å². The molecule has 0 spiro atoms. The van der Waals surface area contributed by atoms with Crippen molar-refractivity contribution in [2.24, 2.45) is 0 Å². The summed E-state index contributed by atoms with van der Waals surface area (Å²) in [7, 11) is 0. The second kappa shape index (κ2) is 8.92. The van der Waals surface area contributed by atoms with Crippen LogP contribution in [0.4, 0.5) is 5.82 Å². The highest BCUT2D eigenvalue weighted by atomic mass is 16.5. The van der Waals surface area contributed by atoms with Crippen LogP contribution in [0.25, 0.3) is 0 Å². The molecule has 160 valence electrons. The summed E-state index contributed by atoms with van der Waals surface area (Å²) in [5.74, 6) is -0.0260. The van der Waals surface area contributed by atoms with E-state index in [4.69, 9.17) is 9.15 Å². The Morgan fingerprint density at radius 1 is 1.16 bits per heavy atom. The lowest BCUT2D eigenvalue weighted by Crippen LogP contribution is -2.23. The lowest BCUT2D eigenvalue weighted by Gasteiger charge is -2.13. The number of nitrogens with one attached hydrogen (secondary N) is 1. The van der Waals surface area contributed by atoms with Crippen LogP contribution in [0.15, 0.2) is 34.9 Å². The highest BCUT2D eigenvalue weighted by molar-refractivity contribution is 5.97. The number of rotatable bonds is 6. The SMILES string of the molecule is Cc1cc(C)c(C(=O)OCC(=O)Nc2c(C#N)c(C)c(C)n2Cc2ccco2)c(C)c1. The zero-order chi connectivity index (χ0) is 22.7. The molecular weight excluding hydrogens is 394 g/mol. The van der Waals surface area contributed by atoms with Gasteiger partial charge >= 0.3 is 5.97 Å². The van der Waals surface area contributed by atoms with Gasteiger partial charge in [-0.3, -0.25) is 4.79 Å². The molecule has 7 heteroatoms. The Labute approximate surface area is 181 Å². The molecule has 2 aromatic heterocycles. The maximum absolute atomic E-state index is 12.6. The number of aryl methyl sites for hydroxylation is 3. The second-order valence-corrected chi connectivity index (χ2v) is 7.61. The van der Waals surface area contributed by atoms with Crippen molar-refractivity contribution in [3.63, 3.8) is 0 Å².